The Morgan fingerprint density at radius 2 is 2.21 bits per heavy atom. The third-order valence-electron chi connectivity index (χ3n) is 3.31. The van der Waals surface area contributed by atoms with Crippen molar-refractivity contribution in [1.82, 2.24) is 4.90 Å². The lowest BCUT2D eigenvalue weighted by atomic mass is 9.90. The van der Waals surface area contributed by atoms with E-state index < -0.39 is 0 Å². The Morgan fingerprint density at radius 1 is 1.50 bits per heavy atom. The van der Waals surface area contributed by atoms with Crippen LogP contribution in [0.2, 0.25) is 0 Å². The van der Waals surface area contributed by atoms with E-state index in [4.69, 9.17) is 5.11 Å². The molecule has 0 aromatic carbocycles. The maximum absolute atomic E-state index is 9.00. The van der Waals surface area contributed by atoms with Crippen molar-refractivity contribution in [1.29, 1.82) is 0 Å². The summed E-state index contributed by atoms with van der Waals surface area (Å²) in [6.45, 7) is 4.47. The molecule has 0 spiro atoms. The minimum absolute atomic E-state index is 0.291. The average Bonchev–Trinajstić information content (AvgIpc) is 2.11. The van der Waals surface area contributed by atoms with E-state index in [0.717, 1.165) is 24.9 Å². The van der Waals surface area contributed by atoms with Crippen LogP contribution in [-0.2, 0) is 0 Å². The van der Waals surface area contributed by atoms with E-state index in [1.54, 1.807) is 0 Å². The number of thiol groups is 1. The van der Waals surface area contributed by atoms with E-state index in [1.807, 2.05) is 0 Å². The minimum Gasteiger partial charge on any atom is -0.395 e. The van der Waals surface area contributed by atoms with Gasteiger partial charge in [-0.25, -0.2) is 0 Å². The van der Waals surface area contributed by atoms with Crippen LogP contribution >= 0.6 is 12.6 Å². The van der Waals surface area contributed by atoms with E-state index >= 15 is 0 Å². The molecule has 0 bridgehead atoms. The molecule has 1 atom stereocenters. The molecule has 1 fully saturated rings. The molecule has 0 aromatic heterocycles. The highest BCUT2D eigenvalue weighted by molar-refractivity contribution is 7.80. The molecule has 14 heavy (non-hydrogen) atoms. The van der Waals surface area contributed by atoms with Crippen molar-refractivity contribution in [2.75, 3.05) is 25.4 Å². The second kappa shape index (κ2) is 6.70. The largest absolute Gasteiger partial charge is 0.395 e. The maximum Gasteiger partial charge on any atom is 0.0558 e. The van der Waals surface area contributed by atoms with Crippen molar-refractivity contribution in [3.8, 4) is 0 Å². The predicted molar refractivity (Wildman–Crippen MR) is 63.9 cm³/mol. The standard InChI is InChI=1S/C11H23NOS/c1-2-10(9-14)8-12(6-7-13)11-4-3-5-11/h10-11,13-14H,2-9H2,1H3. The van der Waals surface area contributed by atoms with E-state index in [-0.39, 0.29) is 0 Å². The Kier molecular flexibility index (Phi) is 5.90. The third-order valence-corrected chi connectivity index (χ3v) is 3.82. The predicted octanol–water partition coefficient (Wildman–Crippen LogP) is 1.79. The molecule has 0 saturated heterocycles. The van der Waals surface area contributed by atoms with E-state index in [1.165, 1.54) is 25.7 Å². The highest BCUT2D eigenvalue weighted by Gasteiger charge is 2.25. The summed E-state index contributed by atoms with van der Waals surface area (Å²) in [5.74, 6) is 1.65. The zero-order valence-corrected chi connectivity index (χ0v) is 10.0. The van der Waals surface area contributed by atoms with E-state index in [0.29, 0.717) is 12.5 Å². The molecular formula is C11H23NOS. The first kappa shape index (κ1) is 12.3. The fourth-order valence-electron chi connectivity index (χ4n) is 1.95. The molecule has 0 amide bonds. The van der Waals surface area contributed by atoms with E-state index in [9.17, 15) is 0 Å². The minimum atomic E-state index is 0.291. The lowest BCUT2D eigenvalue weighted by molar-refractivity contribution is 0.0876. The van der Waals surface area contributed by atoms with Crippen molar-refractivity contribution in [2.45, 2.75) is 38.6 Å². The summed E-state index contributed by atoms with van der Waals surface area (Å²) in [7, 11) is 0. The van der Waals surface area contributed by atoms with Gasteiger partial charge in [0.1, 0.15) is 0 Å². The van der Waals surface area contributed by atoms with Gasteiger partial charge < -0.3 is 5.11 Å². The molecule has 0 radical (unpaired) electrons. The Balaban J connectivity index is 2.32. The van der Waals surface area contributed by atoms with Crippen LogP contribution in [0.4, 0.5) is 0 Å². The second-order valence-electron chi connectivity index (χ2n) is 4.26. The number of nitrogens with zero attached hydrogens (tertiary/aromatic N) is 1. The van der Waals surface area contributed by atoms with Crippen LogP contribution in [0.3, 0.4) is 0 Å². The van der Waals surface area contributed by atoms with Gasteiger partial charge in [-0.1, -0.05) is 19.8 Å². The van der Waals surface area contributed by atoms with Crippen LogP contribution < -0.4 is 0 Å². The topological polar surface area (TPSA) is 23.5 Å². The normalized spacial score (nSPS) is 19.7. The number of hydrogen-bond acceptors (Lipinski definition) is 3. The van der Waals surface area contributed by atoms with Gasteiger partial charge in [0.15, 0.2) is 0 Å². The molecule has 1 unspecified atom stereocenters. The Labute approximate surface area is 93.1 Å². The van der Waals surface area contributed by atoms with Crippen LogP contribution in [0.25, 0.3) is 0 Å². The smallest absolute Gasteiger partial charge is 0.0558 e. The van der Waals surface area contributed by atoms with E-state index in [2.05, 4.69) is 24.5 Å². The summed E-state index contributed by atoms with van der Waals surface area (Å²) in [5, 5.41) is 9.00. The molecule has 1 rings (SSSR count). The molecule has 3 heteroatoms. The lowest BCUT2D eigenvalue weighted by Crippen LogP contribution is -2.44. The molecule has 1 N–H and O–H groups in total. The number of aliphatic hydroxyl groups excluding tert-OH is 1. The summed E-state index contributed by atoms with van der Waals surface area (Å²) in [5.41, 5.74) is 0. The van der Waals surface area contributed by atoms with Gasteiger partial charge in [0, 0.05) is 19.1 Å². The van der Waals surface area contributed by atoms with Crippen LogP contribution in [-0.4, -0.2) is 41.5 Å². The molecule has 0 aliphatic heterocycles. The first-order chi connectivity index (χ1) is 6.81. The Bertz CT molecular complexity index is 144. The zero-order valence-electron chi connectivity index (χ0n) is 9.15. The van der Waals surface area contributed by atoms with Crippen molar-refractivity contribution in [3.05, 3.63) is 0 Å². The Morgan fingerprint density at radius 3 is 2.57 bits per heavy atom. The van der Waals surface area contributed by atoms with Crippen molar-refractivity contribution in [3.63, 3.8) is 0 Å². The first-order valence-electron chi connectivity index (χ1n) is 5.77. The summed E-state index contributed by atoms with van der Waals surface area (Å²) in [6, 6.07) is 0.746. The lowest BCUT2D eigenvalue weighted by Gasteiger charge is -2.38. The highest BCUT2D eigenvalue weighted by Crippen LogP contribution is 2.25. The summed E-state index contributed by atoms with van der Waals surface area (Å²) < 4.78 is 0. The first-order valence-corrected chi connectivity index (χ1v) is 6.40. The van der Waals surface area contributed by atoms with Crippen LogP contribution in [0, 0.1) is 5.92 Å². The van der Waals surface area contributed by atoms with Crippen LogP contribution in [0.15, 0.2) is 0 Å². The highest BCUT2D eigenvalue weighted by atomic mass is 32.1. The van der Waals surface area contributed by atoms with Crippen LogP contribution in [0.1, 0.15) is 32.6 Å². The average molecular weight is 217 g/mol. The molecule has 2 nitrogen and oxygen atoms in total. The second-order valence-corrected chi connectivity index (χ2v) is 4.63. The summed E-state index contributed by atoms with van der Waals surface area (Å²) in [4.78, 5) is 2.45. The summed E-state index contributed by atoms with van der Waals surface area (Å²) in [6.07, 6.45) is 5.20. The van der Waals surface area contributed by atoms with Crippen molar-refractivity contribution >= 4 is 12.6 Å². The monoisotopic (exact) mass is 217 g/mol. The molecule has 1 aliphatic rings. The molecular weight excluding hydrogens is 194 g/mol. The number of rotatable bonds is 7. The number of aliphatic hydroxyl groups is 1. The van der Waals surface area contributed by atoms with Crippen LogP contribution in [0.5, 0.6) is 0 Å². The SMILES string of the molecule is CCC(CS)CN(CCO)C1CCC1. The van der Waals surface area contributed by atoms with Gasteiger partial charge in [-0.15, -0.1) is 0 Å². The fraction of sp³-hybridized carbons (Fsp3) is 1.00. The maximum atomic E-state index is 9.00. The molecule has 1 aliphatic carbocycles. The third kappa shape index (κ3) is 3.44. The molecule has 84 valence electrons. The van der Waals surface area contributed by atoms with Crippen molar-refractivity contribution in [2.24, 2.45) is 5.92 Å². The molecule has 1 saturated carbocycles. The van der Waals surface area contributed by atoms with Gasteiger partial charge in [0.05, 0.1) is 6.61 Å². The fourth-order valence-corrected chi connectivity index (χ4v) is 2.32. The van der Waals surface area contributed by atoms with Gasteiger partial charge in [0.25, 0.3) is 0 Å². The van der Waals surface area contributed by atoms with Gasteiger partial charge in [0.2, 0.25) is 0 Å². The summed E-state index contributed by atoms with van der Waals surface area (Å²) >= 11 is 4.36. The Hall–Kier alpha value is 0.270. The molecule has 0 heterocycles. The zero-order chi connectivity index (χ0) is 10.4. The van der Waals surface area contributed by atoms with Gasteiger partial charge in [-0.05, 0) is 24.5 Å². The van der Waals surface area contributed by atoms with Gasteiger partial charge >= 0.3 is 0 Å². The quantitative estimate of drug-likeness (QED) is 0.635. The number of hydrogen-bond donors (Lipinski definition) is 2. The molecule has 0 aromatic rings. The van der Waals surface area contributed by atoms with Gasteiger partial charge in [-0.2, -0.15) is 12.6 Å². The van der Waals surface area contributed by atoms with Gasteiger partial charge in [-0.3, -0.25) is 4.90 Å². The van der Waals surface area contributed by atoms with Crippen molar-refractivity contribution < 1.29 is 5.11 Å².